The predicted octanol–water partition coefficient (Wildman–Crippen LogP) is 3.45. The largest absolute Gasteiger partial charge is 0.497 e. The van der Waals surface area contributed by atoms with Crippen LogP contribution in [0.15, 0.2) is 67.0 Å². The molecule has 0 aliphatic carbocycles. The Labute approximate surface area is 172 Å². The van der Waals surface area contributed by atoms with Crippen molar-refractivity contribution in [3.63, 3.8) is 0 Å². The molecule has 29 heavy (non-hydrogen) atoms. The molecule has 0 unspecified atom stereocenters. The van der Waals surface area contributed by atoms with Crippen molar-refractivity contribution in [3.05, 3.63) is 72.6 Å². The first-order valence-corrected chi connectivity index (χ1v) is 9.94. The second-order valence-corrected chi connectivity index (χ2v) is 7.25. The highest BCUT2D eigenvalue weighted by molar-refractivity contribution is 5.53. The van der Waals surface area contributed by atoms with Gasteiger partial charge in [-0.2, -0.15) is 0 Å². The van der Waals surface area contributed by atoms with Gasteiger partial charge in [-0.1, -0.05) is 30.3 Å². The number of hydrogen-bond donors (Lipinski definition) is 0. The van der Waals surface area contributed by atoms with Crippen LogP contribution in [0.4, 0.5) is 17.3 Å². The zero-order chi connectivity index (χ0) is 20.1. The van der Waals surface area contributed by atoms with Crippen molar-refractivity contribution in [1.29, 1.82) is 0 Å². The van der Waals surface area contributed by atoms with E-state index in [4.69, 9.17) is 4.74 Å². The highest BCUT2D eigenvalue weighted by Crippen LogP contribution is 2.23. The Morgan fingerprint density at radius 1 is 0.897 bits per heavy atom. The molecule has 1 aliphatic rings. The second kappa shape index (κ2) is 8.82. The molecule has 1 saturated heterocycles. The third kappa shape index (κ3) is 4.59. The number of methoxy groups -OCH3 is 1. The topological polar surface area (TPSA) is 44.7 Å². The lowest BCUT2D eigenvalue weighted by molar-refractivity contribution is 0.415. The summed E-state index contributed by atoms with van der Waals surface area (Å²) in [7, 11) is 3.77. The van der Waals surface area contributed by atoms with Crippen LogP contribution >= 0.6 is 0 Å². The van der Waals surface area contributed by atoms with E-state index in [1.807, 2.05) is 18.2 Å². The van der Waals surface area contributed by atoms with Crippen LogP contribution in [-0.4, -0.2) is 50.3 Å². The standard InChI is InChI=1S/C23H27N5O/c1-26(17-19-6-4-3-5-7-19)22-16-23(25-18-24-22)28-14-12-27(13-15-28)20-8-10-21(29-2)11-9-20/h3-11,16,18H,12-15,17H2,1-2H3. The number of ether oxygens (including phenoxy) is 1. The lowest BCUT2D eigenvalue weighted by Gasteiger charge is -2.37. The van der Waals surface area contributed by atoms with Crippen molar-refractivity contribution in [2.24, 2.45) is 0 Å². The highest BCUT2D eigenvalue weighted by Gasteiger charge is 2.19. The van der Waals surface area contributed by atoms with Crippen LogP contribution < -0.4 is 19.4 Å². The minimum absolute atomic E-state index is 0.822. The van der Waals surface area contributed by atoms with Gasteiger partial charge in [0.1, 0.15) is 23.7 Å². The summed E-state index contributed by atoms with van der Waals surface area (Å²) in [6.07, 6.45) is 1.67. The quantitative estimate of drug-likeness (QED) is 0.643. The lowest BCUT2D eigenvalue weighted by Crippen LogP contribution is -2.46. The molecule has 6 heteroatoms. The number of hydrogen-bond acceptors (Lipinski definition) is 6. The Morgan fingerprint density at radius 3 is 2.28 bits per heavy atom. The summed E-state index contributed by atoms with van der Waals surface area (Å²) in [5.74, 6) is 2.82. The van der Waals surface area contributed by atoms with Gasteiger partial charge in [0, 0.05) is 51.5 Å². The van der Waals surface area contributed by atoms with Crippen LogP contribution in [0, 0.1) is 0 Å². The average molecular weight is 390 g/mol. The Kier molecular flexibility index (Phi) is 5.79. The minimum Gasteiger partial charge on any atom is -0.497 e. The molecule has 1 aliphatic heterocycles. The molecule has 0 bridgehead atoms. The van der Waals surface area contributed by atoms with Gasteiger partial charge in [-0.25, -0.2) is 9.97 Å². The Morgan fingerprint density at radius 2 is 1.59 bits per heavy atom. The van der Waals surface area contributed by atoms with E-state index in [-0.39, 0.29) is 0 Å². The van der Waals surface area contributed by atoms with Crippen LogP contribution in [0.1, 0.15) is 5.56 Å². The zero-order valence-electron chi connectivity index (χ0n) is 17.0. The third-order valence-electron chi connectivity index (χ3n) is 5.33. The number of benzene rings is 2. The number of rotatable bonds is 6. The molecule has 1 aromatic heterocycles. The summed E-state index contributed by atoms with van der Waals surface area (Å²) in [4.78, 5) is 15.9. The van der Waals surface area contributed by atoms with Gasteiger partial charge in [0.05, 0.1) is 7.11 Å². The number of nitrogens with zero attached hydrogens (tertiary/aromatic N) is 5. The average Bonchev–Trinajstić information content (AvgIpc) is 2.80. The first kappa shape index (κ1) is 19.1. The van der Waals surface area contributed by atoms with Gasteiger partial charge < -0.3 is 19.4 Å². The smallest absolute Gasteiger partial charge is 0.134 e. The van der Waals surface area contributed by atoms with Crippen LogP contribution in [0.25, 0.3) is 0 Å². The van der Waals surface area contributed by atoms with Crippen LogP contribution in [0.2, 0.25) is 0 Å². The molecule has 6 nitrogen and oxygen atoms in total. The summed E-state index contributed by atoms with van der Waals surface area (Å²) in [6.45, 7) is 4.62. The summed E-state index contributed by atoms with van der Waals surface area (Å²) in [5, 5.41) is 0. The van der Waals surface area contributed by atoms with Crippen molar-refractivity contribution in [2.45, 2.75) is 6.54 Å². The molecular weight excluding hydrogens is 362 g/mol. The van der Waals surface area contributed by atoms with E-state index in [2.05, 4.69) is 74.2 Å². The van der Waals surface area contributed by atoms with Crippen molar-refractivity contribution in [3.8, 4) is 5.75 Å². The normalized spacial score (nSPS) is 14.0. The fraction of sp³-hybridized carbons (Fsp3) is 0.304. The maximum absolute atomic E-state index is 5.25. The van der Waals surface area contributed by atoms with Crippen molar-refractivity contribution >= 4 is 17.3 Å². The summed E-state index contributed by atoms with van der Waals surface area (Å²) in [5.41, 5.74) is 2.50. The van der Waals surface area contributed by atoms with Gasteiger partial charge in [-0.3, -0.25) is 0 Å². The Bertz CT molecular complexity index is 908. The lowest BCUT2D eigenvalue weighted by atomic mass is 10.2. The van der Waals surface area contributed by atoms with E-state index < -0.39 is 0 Å². The summed E-state index contributed by atoms with van der Waals surface area (Å²) >= 11 is 0. The number of piperazine rings is 1. The molecule has 0 radical (unpaired) electrons. The Hall–Kier alpha value is -3.28. The maximum Gasteiger partial charge on any atom is 0.134 e. The number of aromatic nitrogens is 2. The SMILES string of the molecule is COc1ccc(N2CCN(c3cc(N(C)Cc4ccccc4)ncn3)CC2)cc1. The molecule has 0 spiro atoms. The second-order valence-electron chi connectivity index (χ2n) is 7.25. The molecule has 0 atom stereocenters. The van der Waals surface area contributed by atoms with Gasteiger partial charge in [0.25, 0.3) is 0 Å². The molecule has 2 aromatic carbocycles. The van der Waals surface area contributed by atoms with E-state index in [0.717, 1.165) is 50.1 Å². The first-order chi connectivity index (χ1) is 14.2. The van der Waals surface area contributed by atoms with Crippen LogP contribution in [0.3, 0.4) is 0 Å². The van der Waals surface area contributed by atoms with E-state index in [0.29, 0.717) is 0 Å². The van der Waals surface area contributed by atoms with Gasteiger partial charge >= 0.3 is 0 Å². The zero-order valence-corrected chi connectivity index (χ0v) is 17.0. The summed E-state index contributed by atoms with van der Waals surface area (Å²) < 4.78 is 5.25. The van der Waals surface area contributed by atoms with Crippen molar-refractivity contribution in [1.82, 2.24) is 9.97 Å². The molecule has 1 fully saturated rings. The maximum atomic E-state index is 5.25. The fourth-order valence-electron chi connectivity index (χ4n) is 3.64. The minimum atomic E-state index is 0.822. The van der Waals surface area contributed by atoms with Crippen molar-refractivity contribution < 1.29 is 4.74 Å². The highest BCUT2D eigenvalue weighted by atomic mass is 16.5. The summed E-state index contributed by atoms with van der Waals surface area (Å²) in [6, 6.07) is 20.8. The van der Waals surface area contributed by atoms with E-state index in [1.54, 1.807) is 13.4 Å². The molecule has 4 rings (SSSR count). The van der Waals surface area contributed by atoms with Gasteiger partial charge in [0.2, 0.25) is 0 Å². The molecule has 150 valence electrons. The van der Waals surface area contributed by atoms with E-state index in [1.165, 1.54) is 11.3 Å². The molecule has 0 saturated carbocycles. The number of anilines is 3. The fourth-order valence-corrected chi connectivity index (χ4v) is 3.64. The Balaban J connectivity index is 1.39. The molecule has 0 amide bonds. The predicted molar refractivity (Wildman–Crippen MR) is 118 cm³/mol. The first-order valence-electron chi connectivity index (χ1n) is 9.94. The molecular formula is C23H27N5O. The van der Waals surface area contributed by atoms with Crippen molar-refractivity contribution in [2.75, 3.05) is 55.0 Å². The van der Waals surface area contributed by atoms with Crippen LogP contribution in [-0.2, 0) is 6.54 Å². The van der Waals surface area contributed by atoms with Crippen LogP contribution in [0.5, 0.6) is 5.75 Å². The third-order valence-corrected chi connectivity index (χ3v) is 5.33. The van der Waals surface area contributed by atoms with Gasteiger partial charge in [0.15, 0.2) is 0 Å². The van der Waals surface area contributed by atoms with Gasteiger partial charge in [-0.05, 0) is 29.8 Å². The van der Waals surface area contributed by atoms with E-state index >= 15 is 0 Å². The van der Waals surface area contributed by atoms with Gasteiger partial charge in [-0.15, -0.1) is 0 Å². The van der Waals surface area contributed by atoms with E-state index in [9.17, 15) is 0 Å². The molecule has 0 N–H and O–H groups in total. The monoisotopic (exact) mass is 389 g/mol. The molecule has 3 aromatic rings. The molecule has 2 heterocycles.